The van der Waals surface area contributed by atoms with Crippen molar-refractivity contribution in [1.29, 1.82) is 0 Å². The molecule has 0 aliphatic rings. The van der Waals surface area contributed by atoms with Gasteiger partial charge >= 0.3 is 0 Å². The number of nitrogens with zero attached hydrogens (tertiary/aromatic N) is 3. The largest absolute Gasteiger partial charge is 0.493 e. The molecule has 0 bridgehead atoms. The summed E-state index contributed by atoms with van der Waals surface area (Å²) in [7, 11) is 1.57. The lowest BCUT2D eigenvalue weighted by molar-refractivity contribution is 0.103. The van der Waals surface area contributed by atoms with Gasteiger partial charge in [0.15, 0.2) is 0 Å². The van der Waals surface area contributed by atoms with Crippen LogP contribution in [0.3, 0.4) is 0 Å². The van der Waals surface area contributed by atoms with E-state index in [9.17, 15) is 9.90 Å². The Kier molecular flexibility index (Phi) is 3.54. The predicted octanol–water partition coefficient (Wildman–Crippen LogP) is 2.59. The Morgan fingerprint density at radius 3 is 2.61 bits per heavy atom. The van der Waals surface area contributed by atoms with Gasteiger partial charge in [-0.05, 0) is 44.8 Å². The molecule has 2 rings (SSSR count). The monoisotopic (exact) mass is 373 g/mol. The van der Waals surface area contributed by atoms with Gasteiger partial charge in [0, 0.05) is 22.2 Å². The summed E-state index contributed by atoms with van der Waals surface area (Å²) in [4.78, 5) is 16.4. The number of hydrogen-bond donors (Lipinski definition) is 1. The van der Waals surface area contributed by atoms with Gasteiger partial charge in [0.05, 0.1) is 5.69 Å². The summed E-state index contributed by atoms with van der Waals surface area (Å²) in [6.07, 6.45) is 1.53. The smallest absolute Gasteiger partial charge is 0.220 e. The molecule has 0 atom stereocenters. The summed E-state index contributed by atoms with van der Waals surface area (Å²) in [6.45, 7) is 1.67. The van der Waals surface area contributed by atoms with Gasteiger partial charge in [-0.25, -0.2) is 4.68 Å². The third-order valence-corrected chi connectivity index (χ3v) is 3.48. The lowest BCUT2D eigenvalue weighted by Gasteiger charge is -2.03. The minimum Gasteiger partial charge on any atom is -0.493 e. The second kappa shape index (κ2) is 4.81. The Morgan fingerprint density at radius 1 is 1.44 bits per heavy atom. The first-order valence-electron chi connectivity index (χ1n) is 5.00. The van der Waals surface area contributed by atoms with Gasteiger partial charge in [-0.2, -0.15) is 5.10 Å². The number of ketones is 1. The number of hydrogen-bond acceptors (Lipinski definition) is 4. The molecule has 7 heteroatoms. The van der Waals surface area contributed by atoms with E-state index in [0.717, 1.165) is 4.47 Å². The molecule has 94 valence electrons. The lowest BCUT2D eigenvalue weighted by Crippen LogP contribution is -2.06. The third-order valence-electron chi connectivity index (χ3n) is 2.44. The number of aryl methyl sites for hydroxylation is 2. The Labute approximate surface area is 120 Å². The van der Waals surface area contributed by atoms with Gasteiger partial charge in [-0.3, -0.25) is 9.78 Å². The Balaban J connectivity index is 2.55. The number of pyridine rings is 1. The standard InChI is InChI=1S/C11H9Br2N3O2/c1-5-8(11(18)16(2)15-5)10(17)9-7(13)3-6(12)4-14-9/h3-4,18H,1-2H3. The average molecular weight is 375 g/mol. The maximum absolute atomic E-state index is 12.3. The Bertz CT molecular complexity index is 637. The zero-order chi connectivity index (χ0) is 13.4. The van der Waals surface area contributed by atoms with Crippen molar-refractivity contribution in [1.82, 2.24) is 14.8 Å². The summed E-state index contributed by atoms with van der Waals surface area (Å²) >= 11 is 6.54. The van der Waals surface area contributed by atoms with Crippen LogP contribution >= 0.6 is 31.9 Å². The summed E-state index contributed by atoms with van der Waals surface area (Å²) in [5, 5.41) is 13.8. The van der Waals surface area contributed by atoms with Gasteiger partial charge in [0.25, 0.3) is 0 Å². The molecule has 2 aromatic rings. The predicted molar refractivity (Wildman–Crippen MR) is 72.7 cm³/mol. The van der Waals surface area contributed by atoms with E-state index in [1.54, 1.807) is 20.0 Å². The molecule has 0 radical (unpaired) electrons. The van der Waals surface area contributed by atoms with Gasteiger partial charge in [-0.15, -0.1) is 0 Å². The van der Waals surface area contributed by atoms with Crippen molar-refractivity contribution in [2.75, 3.05) is 0 Å². The van der Waals surface area contributed by atoms with Crippen molar-refractivity contribution in [3.8, 4) is 5.88 Å². The van der Waals surface area contributed by atoms with Crippen molar-refractivity contribution in [3.63, 3.8) is 0 Å². The van der Waals surface area contributed by atoms with Crippen LogP contribution in [0.2, 0.25) is 0 Å². The van der Waals surface area contributed by atoms with E-state index >= 15 is 0 Å². The van der Waals surface area contributed by atoms with Crippen molar-refractivity contribution in [3.05, 3.63) is 38.2 Å². The molecule has 0 aromatic carbocycles. The molecule has 0 aliphatic heterocycles. The van der Waals surface area contributed by atoms with Crippen LogP contribution in [0.4, 0.5) is 0 Å². The molecular formula is C11H9Br2N3O2. The average Bonchev–Trinajstić information content (AvgIpc) is 2.52. The van der Waals surface area contributed by atoms with Crippen LogP contribution < -0.4 is 0 Å². The summed E-state index contributed by atoms with van der Waals surface area (Å²) in [5.74, 6) is -0.522. The minimum absolute atomic E-state index is 0.158. The second-order valence-electron chi connectivity index (χ2n) is 3.72. The van der Waals surface area contributed by atoms with Crippen LogP contribution in [0.15, 0.2) is 21.2 Å². The number of aromatic hydroxyl groups is 1. The Morgan fingerprint density at radius 2 is 2.11 bits per heavy atom. The van der Waals surface area contributed by atoms with Crippen molar-refractivity contribution < 1.29 is 9.90 Å². The second-order valence-corrected chi connectivity index (χ2v) is 5.49. The molecule has 0 saturated heterocycles. The van der Waals surface area contributed by atoms with Crippen LogP contribution in [0, 0.1) is 6.92 Å². The van der Waals surface area contributed by atoms with E-state index in [1.807, 2.05) is 0 Å². The fraction of sp³-hybridized carbons (Fsp3) is 0.182. The lowest BCUT2D eigenvalue weighted by atomic mass is 10.1. The van der Waals surface area contributed by atoms with Gasteiger partial charge in [-0.1, -0.05) is 0 Å². The topological polar surface area (TPSA) is 68.0 Å². The number of rotatable bonds is 2. The molecule has 2 heterocycles. The highest BCUT2D eigenvalue weighted by atomic mass is 79.9. The van der Waals surface area contributed by atoms with E-state index in [-0.39, 0.29) is 22.9 Å². The summed E-state index contributed by atoms with van der Waals surface area (Å²) < 4.78 is 2.58. The molecule has 5 nitrogen and oxygen atoms in total. The highest BCUT2D eigenvalue weighted by Gasteiger charge is 2.24. The van der Waals surface area contributed by atoms with Crippen LogP contribution in [0.5, 0.6) is 5.88 Å². The van der Waals surface area contributed by atoms with E-state index in [1.165, 1.54) is 10.9 Å². The van der Waals surface area contributed by atoms with Crippen LogP contribution in [-0.2, 0) is 7.05 Å². The van der Waals surface area contributed by atoms with Crippen LogP contribution in [-0.4, -0.2) is 25.7 Å². The van der Waals surface area contributed by atoms with Gasteiger partial charge in [0.1, 0.15) is 11.3 Å². The number of halogens is 2. The van der Waals surface area contributed by atoms with Crippen LogP contribution in [0.25, 0.3) is 0 Å². The van der Waals surface area contributed by atoms with Gasteiger partial charge < -0.3 is 5.11 Å². The van der Waals surface area contributed by atoms with Crippen molar-refractivity contribution >= 4 is 37.6 Å². The maximum Gasteiger partial charge on any atom is 0.220 e. The van der Waals surface area contributed by atoms with Crippen molar-refractivity contribution in [2.45, 2.75) is 6.92 Å². The van der Waals surface area contributed by atoms with E-state index < -0.39 is 0 Å². The number of carbonyl (C=O) groups is 1. The molecule has 1 N–H and O–H groups in total. The molecule has 18 heavy (non-hydrogen) atoms. The van der Waals surface area contributed by atoms with E-state index in [0.29, 0.717) is 10.2 Å². The fourth-order valence-electron chi connectivity index (χ4n) is 1.61. The normalized spacial score (nSPS) is 10.7. The number of carbonyl (C=O) groups excluding carboxylic acids is 1. The summed E-state index contributed by atoms with van der Waals surface area (Å²) in [6, 6.07) is 1.73. The molecule has 0 amide bonds. The van der Waals surface area contributed by atoms with E-state index in [2.05, 4.69) is 41.9 Å². The zero-order valence-electron chi connectivity index (χ0n) is 9.61. The van der Waals surface area contributed by atoms with E-state index in [4.69, 9.17) is 0 Å². The highest BCUT2D eigenvalue weighted by molar-refractivity contribution is 9.11. The first kappa shape index (κ1) is 13.2. The van der Waals surface area contributed by atoms with Crippen molar-refractivity contribution in [2.24, 2.45) is 7.05 Å². The third kappa shape index (κ3) is 2.20. The molecule has 0 spiro atoms. The summed E-state index contributed by atoms with van der Waals surface area (Å²) in [5.41, 5.74) is 0.884. The molecule has 0 saturated carbocycles. The molecule has 0 unspecified atom stereocenters. The molecular weight excluding hydrogens is 366 g/mol. The minimum atomic E-state index is -0.363. The fourth-order valence-corrected chi connectivity index (χ4v) is 2.78. The quantitative estimate of drug-likeness (QED) is 0.820. The van der Waals surface area contributed by atoms with Crippen LogP contribution in [0.1, 0.15) is 21.7 Å². The number of aromatic nitrogens is 3. The highest BCUT2D eigenvalue weighted by Crippen LogP contribution is 2.27. The first-order chi connectivity index (χ1) is 8.41. The maximum atomic E-state index is 12.3. The van der Waals surface area contributed by atoms with Gasteiger partial charge in [0.2, 0.25) is 11.7 Å². The molecule has 0 aliphatic carbocycles. The molecule has 2 aromatic heterocycles. The Hall–Kier alpha value is -1.21. The zero-order valence-corrected chi connectivity index (χ0v) is 12.8. The first-order valence-corrected chi connectivity index (χ1v) is 6.58. The SMILES string of the molecule is Cc1nn(C)c(O)c1C(=O)c1ncc(Br)cc1Br. The molecule has 0 fully saturated rings.